The summed E-state index contributed by atoms with van der Waals surface area (Å²) in [7, 11) is 0. The molecule has 7 nitrogen and oxygen atoms in total. The quantitative estimate of drug-likeness (QED) is 0.714. The maximum Gasteiger partial charge on any atom is 0.331 e. The minimum atomic E-state index is -0.756. The monoisotopic (exact) mass is 450 g/mol. The third-order valence-electron chi connectivity index (χ3n) is 4.61. The van der Waals surface area contributed by atoms with Crippen molar-refractivity contribution in [1.82, 2.24) is 10.2 Å². The highest BCUT2D eigenvalue weighted by atomic mass is 35.5. The first-order valence-corrected chi connectivity index (χ1v) is 9.70. The fourth-order valence-corrected chi connectivity index (χ4v) is 3.86. The Kier molecular flexibility index (Phi) is 5.21. The van der Waals surface area contributed by atoms with E-state index in [1.54, 1.807) is 35.3 Å². The highest BCUT2D eigenvalue weighted by Gasteiger charge is 2.39. The number of anilines is 1. The third-order valence-corrected chi connectivity index (χ3v) is 5.40. The standard InChI is InChI=1S/C19H13Cl3N4O3/c20-11-3-1-10(2-4-11)16-8-14(18(28)25-9-17(27)23-19(25)29)24-26(16)15-6-5-12(21)7-13(15)22/h1-7,16H,8-9H2,(H,23,27,29). The molecule has 0 aliphatic carbocycles. The number of urea groups is 1. The van der Waals surface area contributed by atoms with Crippen LogP contribution in [0.1, 0.15) is 18.0 Å². The molecular weight excluding hydrogens is 439 g/mol. The van der Waals surface area contributed by atoms with Crippen molar-refractivity contribution in [1.29, 1.82) is 0 Å². The summed E-state index contributed by atoms with van der Waals surface area (Å²) in [5.41, 5.74) is 1.55. The van der Waals surface area contributed by atoms with Crippen LogP contribution in [0.4, 0.5) is 10.5 Å². The normalized spacial score (nSPS) is 18.9. The van der Waals surface area contributed by atoms with Gasteiger partial charge in [-0.3, -0.25) is 19.9 Å². The predicted octanol–water partition coefficient (Wildman–Crippen LogP) is 4.03. The van der Waals surface area contributed by atoms with Gasteiger partial charge >= 0.3 is 6.03 Å². The van der Waals surface area contributed by atoms with Crippen LogP contribution in [0.2, 0.25) is 15.1 Å². The number of nitrogens with zero attached hydrogens (tertiary/aromatic N) is 3. The van der Waals surface area contributed by atoms with Crippen LogP contribution in [0.25, 0.3) is 0 Å². The van der Waals surface area contributed by atoms with E-state index in [4.69, 9.17) is 34.8 Å². The van der Waals surface area contributed by atoms with Gasteiger partial charge in [-0.05, 0) is 35.9 Å². The van der Waals surface area contributed by atoms with Gasteiger partial charge in [0.25, 0.3) is 5.91 Å². The molecule has 1 fully saturated rings. The molecule has 0 bridgehead atoms. The molecule has 1 N–H and O–H groups in total. The highest BCUT2D eigenvalue weighted by molar-refractivity contribution is 6.43. The van der Waals surface area contributed by atoms with E-state index in [1.165, 1.54) is 0 Å². The molecule has 2 aromatic rings. The average molecular weight is 452 g/mol. The maximum atomic E-state index is 12.8. The van der Waals surface area contributed by atoms with E-state index in [1.807, 2.05) is 12.1 Å². The molecular formula is C19H13Cl3N4O3. The molecule has 4 amide bonds. The molecule has 29 heavy (non-hydrogen) atoms. The summed E-state index contributed by atoms with van der Waals surface area (Å²) in [4.78, 5) is 37.0. The van der Waals surface area contributed by atoms with Gasteiger partial charge < -0.3 is 0 Å². The Bertz CT molecular complexity index is 1060. The Morgan fingerprint density at radius 3 is 2.34 bits per heavy atom. The number of hydrogen-bond donors (Lipinski definition) is 1. The maximum absolute atomic E-state index is 12.8. The lowest BCUT2D eigenvalue weighted by molar-refractivity contribution is -0.125. The van der Waals surface area contributed by atoms with Gasteiger partial charge in [-0.1, -0.05) is 46.9 Å². The molecule has 0 radical (unpaired) electrons. The number of hydrogen-bond acceptors (Lipinski definition) is 5. The van der Waals surface area contributed by atoms with Crippen molar-refractivity contribution >= 4 is 64.0 Å². The van der Waals surface area contributed by atoms with Crippen molar-refractivity contribution in [3.05, 3.63) is 63.1 Å². The summed E-state index contributed by atoms with van der Waals surface area (Å²) in [6, 6.07) is 11.0. The fraction of sp³-hybridized carbons (Fsp3) is 0.158. The van der Waals surface area contributed by atoms with Gasteiger partial charge in [0.15, 0.2) is 0 Å². The topological polar surface area (TPSA) is 82.1 Å². The van der Waals surface area contributed by atoms with Gasteiger partial charge in [-0.15, -0.1) is 0 Å². The van der Waals surface area contributed by atoms with Crippen molar-refractivity contribution in [3.63, 3.8) is 0 Å². The SMILES string of the molecule is O=C1CN(C(=O)C2=NN(c3ccc(Cl)cc3Cl)C(c3ccc(Cl)cc3)C2)C(=O)N1. The smallest absolute Gasteiger partial charge is 0.276 e. The summed E-state index contributed by atoms with van der Waals surface area (Å²) in [5, 5.41) is 9.55. The number of rotatable bonds is 3. The van der Waals surface area contributed by atoms with Crippen molar-refractivity contribution < 1.29 is 14.4 Å². The molecule has 1 unspecified atom stereocenters. The summed E-state index contributed by atoms with van der Waals surface area (Å²) in [6.45, 7) is -0.329. The van der Waals surface area contributed by atoms with Gasteiger partial charge in [0.05, 0.1) is 16.8 Å². The van der Waals surface area contributed by atoms with E-state index in [2.05, 4.69) is 10.4 Å². The van der Waals surface area contributed by atoms with Crippen LogP contribution in [0.15, 0.2) is 47.6 Å². The van der Waals surface area contributed by atoms with Crippen LogP contribution in [0.3, 0.4) is 0 Å². The molecule has 1 atom stereocenters. The molecule has 0 saturated carbocycles. The Morgan fingerprint density at radius 1 is 1.03 bits per heavy atom. The summed E-state index contributed by atoms with van der Waals surface area (Å²) in [6.07, 6.45) is 0.220. The first-order valence-electron chi connectivity index (χ1n) is 8.56. The van der Waals surface area contributed by atoms with Crippen LogP contribution in [0.5, 0.6) is 0 Å². The number of carbonyl (C=O) groups excluding carboxylic acids is 3. The predicted molar refractivity (Wildman–Crippen MR) is 110 cm³/mol. The van der Waals surface area contributed by atoms with Crippen molar-refractivity contribution in [2.24, 2.45) is 5.10 Å². The minimum Gasteiger partial charge on any atom is -0.276 e. The van der Waals surface area contributed by atoms with E-state index in [-0.39, 0.29) is 24.7 Å². The molecule has 148 valence electrons. The molecule has 1 saturated heterocycles. The van der Waals surface area contributed by atoms with Gasteiger partial charge in [-0.25, -0.2) is 9.69 Å². The summed E-state index contributed by atoms with van der Waals surface area (Å²) >= 11 is 18.4. The second-order valence-electron chi connectivity index (χ2n) is 6.50. The van der Waals surface area contributed by atoms with Gasteiger partial charge in [0.1, 0.15) is 12.3 Å². The van der Waals surface area contributed by atoms with Gasteiger partial charge in [0.2, 0.25) is 5.91 Å². The largest absolute Gasteiger partial charge is 0.331 e. The molecule has 4 rings (SSSR count). The second-order valence-corrected chi connectivity index (χ2v) is 7.78. The third kappa shape index (κ3) is 3.81. The summed E-state index contributed by atoms with van der Waals surface area (Å²) in [5.74, 6) is -1.16. The molecule has 10 heteroatoms. The molecule has 2 heterocycles. The van der Waals surface area contributed by atoms with E-state index in [9.17, 15) is 14.4 Å². The fourth-order valence-electron chi connectivity index (χ4n) is 3.23. The number of amides is 4. The first-order chi connectivity index (χ1) is 13.8. The van der Waals surface area contributed by atoms with Gasteiger partial charge in [0, 0.05) is 16.5 Å². The van der Waals surface area contributed by atoms with Crippen molar-refractivity contribution in [2.45, 2.75) is 12.5 Å². The minimum absolute atomic E-state index is 0.140. The van der Waals surface area contributed by atoms with E-state index in [0.717, 1.165) is 10.5 Å². The zero-order valence-electron chi connectivity index (χ0n) is 14.7. The van der Waals surface area contributed by atoms with E-state index < -0.39 is 17.8 Å². The Morgan fingerprint density at radius 2 is 1.72 bits per heavy atom. The van der Waals surface area contributed by atoms with Crippen LogP contribution in [-0.4, -0.2) is 35.0 Å². The Balaban J connectivity index is 1.72. The molecule has 2 aliphatic heterocycles. The van der Waals surface area contributed by atoms with Crippen molar-refractivity contribution in [2.75, 3.05) is 11.6 Å². The lowest BCUT2D eigenvalue weighted by atomic mass is 10.0. The average Bonchev–Trinajstić information content (AvgIpc) is 3.25. The van der Waals surface area contributed by atoms with E-state index >= 15 is 0 Å². The number of imide groups is 2. The van der Waals surface area contributed by atoms with Crippen LogP contribution in [0, 0.1) is 0 Å². The highest BCUT2D eigenvalue weighted by Crippen LogP contribution is 2.40. The Hall–Kier alpha value is -2.61. The number of hydrazone groups is 1. The number of nitrogens with one attached hydrogen (secondary N) is 1. The molecule has 2 aromatic carbocycles. The lowest BCUT2D eigenvalue weighted by Crippen LogP contribution is -2.38. The molecule has 2 aliphatic rings. The van der Waals surface area contributed by atoms with Crippen LogP contribution < -0.4 is 10.3 Å². The number of halogens is 3. The lowest BCUT2D eigenvalue weighted by Gasteiger charge is -2.25. The first kappa shape index (κ1) is 19.7. The Labute approximate surface area is 180 Å². The van der Waals surface area contributed by atoms with Crippen LogP contribution >= 0.6 is 34.8 Å². The van der Waals surface area contributed by atoms with Crippen molar-refractivity contribution in [3.8, 4) is 0 Å². The second kappa shape index (κ2) is 7.67. The number of carbonyl (C=O) groups is 3. The van der Waals surface area contributed by atoms with E-state index in [0.29, 0.717) is 20.8 Å². The number of benzene rings is 2. The van der Waals surface area contributed by atoms with Gasteiger partial charge in [-0.2, -0.15) is 5.10 Å². The molecule has 0 spiro atoms. The summed E-state index contributed by atoms with van der Waals surface area (Å²) < 4.78 is 0. The zero-order valence-corrected chi connectivity index (χ0v) is 17.0. The van der Waals surface area contributed by atoms with Crippen LogP contribution in [-0.2, 0) is 9.59 Å². The molecule has 0 aromatic heterocycles. The zero-order chi connectivity index (χ0) is 20.7.